The van der Waals surface area contributed by atoms with Crippen molar-refractivity contribution in [2.24, 2.45) is 0 Å². The van der Waals surface area contributed by atoms with Crippen LogP contribution < -0.4 is 9.47 Å². The SMILES string of the molecule is COc1cccc(C(=O)/C=C/c2ccc(COc3cccc(C(F)(F)F)c3)o2)c1. The molecule has 0 amide bonds. The Morgan fingerprint density at radius 1 is 1.03 bits per heavy atom. The van der Waals surface area contributed by atoms with E-state index in [1.165, 1.54) is 31.4 Å². The van der Waals surface area contributed by atoms with E-state index >= 15 is 0 Å². The van der Waals surface area contributed by atoms with Gasteiger partial charge in [0.15, 0.2) is 5.78 Å². The zero-order valence-corrected chi connectivity index (χ0v) is 15.4. The van der Waals surface area contributed by atoms with E-state index in [4.69, 9.17) is 13.9 Å². The van der Waals surface area contributed by atoms with Gasteiger partial charge in [0.2, 0.25) is 0 Å². The Labute approximate surface area is 165 Å². The van der Waals surface area contributed by atoms with Crippen LogP contribution in [0.4, 0.5) is 13.2 Å². The molecule has 0 aliphatic carbocycles. The van der Waals surface area contributed by atoms with Gasteiger partial charge in [-0.25, -0.2) is 0 Å². The van der Waals surface area contributed by atoms with Crippen molar-refractivity contribution >= 4 is 11.9 Å². The molecule has 0 saturated heterocycles. The summed E-state index contributed by atoms with van der Waals surface area (Å²) in [5, 5.41) is 0. The van der Waals surface area contributed by atoms with Gasteiger partial charge in [0.1, 0.15) is 29.6 Å². The lowest BCUT2D eigenvalue weighted by Gasteiger charge is -2.09. The summed E-state index contributed by atoms with van der Waals surface area (Å²) in [7, 11) is 1.52. The summed E-state index contributed by atoms with van der Waals surface area (Å²) in [6, 6.07) is 14.6. The van der Waals surface area contributed by atoms with Crippen LogP contribution in [0.2, 0.25) is 0 Å². The normalized spacial score (nSPS) is 11.6. The monoisotopic (exact) mass is 402 g/mol. The van der Waals surface area contributed by atoms with Gasteiger partial charge in [-0.1, -0.05) is 18.2 Å². The first-order valence-electron chi connectivity index (χ1n) is 8.60. The third-order valence-electron chi connectivity index (χ3n) is 3.98. The molecule has 0 atom stereocenters. The number of carbonyl (C=O) groups is 1. The summed E-state index contributed by atoms with van der Waals surface area (Å²) in [6.07, 6.45) is -1.56. The van der Waals surface area contributed by atoms with Crippen LogP contribution in [0, 0.1) is 0 Å². The van der Waals surface area contributed by atoms with E-state index in [9.17, 15) is 18.0 Å². The van der Waals surface area contributed by atoms with Crippen molar-refractivity contribution < 1.29 is 31.9 Å². The fourth-order valence-electron chi connectivity index (χ4n) is 2.51. The zero-order valence-electron chi connectivity index (χ0n) is 15.4. The van der Waals surface area contributed by atoms with E-state index < -0.39 is 11.7 Å². The number of benzene rings is 2. The lowest BCUT2D eigenvalue weighted by Crippen LogP contribution is -2.05. The van der Waals surface area contributed by atoms with E-state index in [1.54, 1.807) is 36.4 Å². The Bertz CT molecular complexity index is 1020. The molecule has 4 nitrogen and oxygen atoms in total. The number of alkyl halides is 3. The molecule has 0 fully saturated rings. The molecule has 1 heterocycles. The van der Waals surface area contributed by atoms with Gasteiger partial charge in [-0.3, -0.25) is 4.79 Å². The van der Waals surface area contributed by atoms with Gasteiger partial charge in [-0.2, -0.15) is 13.2 Å². The highest BCUT2D eigenvalue weighted by atomic mass is 19.4. The fraction of sp³-hybridized carbons (Fsp3) is 0.136. The van der Waals surface area contributed by atoms with Crippen molar-refractivity contribution in [2.45, 2.75) is 12.8 Å². The fourth-order valence-corrected chi connectivity index (χ4v) is 2.51. The maximum absolute atomic E-state index is 12.7. The third kappa shape index (κ3) is 5.51. The summed E-state index contributed by atoms with van der Waals surface area (Å²) in [4.78, 5) is 12.2. The van der Waals surface area contributed by atoms with E-state index in [0.29, 0.717) is 22.8 Å². The second-order valence-corrected chi connectivity index (χ2v) is 6.05. The quantitative estimate of drug-likeness (QED) is 0.371. The highest BCUT2D eigenvalue weighted by Gasteiger charge is 2.30. The van der Waals surface area contributed by atoms with Gasteiger partial charge < -0.3 is 13.9 Å². The highest BCUT2D eigenvalue weighted by molar-refractivity contribution is 6.06. The summed E-state index contributed by atoms with van der Waals surface area (Å²) in [5.74, 6) is 1.28. The van der Waals surface area contributed by atoms with Crippen molar-refractivity contribution in [2.75, 3.05) is 7.11 Å². The van der Waals surface area contributed by atoms with Gasteiger partial charge in [-0.15, -0.1) is 0 Å². The van der Waals surface area contributed by atoms with Crippen molar-refractivity contribution in [1.82, 2.24) is 0 Å². The average molecular weight is 402 g/mol. The Hall–Kier alpha value is -3.48. The standard InChI is InChI=1S/C22H17F3O4/c1-27-18-6-2-4-15(12-18)21(26)11-10-17-8-9-20(29-17)14-28-19-7-3-5-16(13-19)22(23,24)25/h2-13H,14H2,1H3/b11-10+. The predicted octanol–water partition coefficient (Wildman–Crippen LogP) is 5.78. The molecule has 0 N–H and O–H groups in total. The molecule has 150 valence electrons. The summed E-state index contributed by atoms with van der Waals surface area (Å²) >= 11 is 0. The Balaban J connectivity index is 1.61. The Morgan fingerprint density at radius 2 is 1.79 bits per heavy atom. The van der Waals surface area contributed by atoms with E-state index in [0.717, 1.165) is 12.1 Å². The number of ether oxygens (including phenoxy) is 2. The highest BCUT2D eigenvalue weighted by Crippen LogP contribution is 2.31. The molecule has 1 aromatic heterocycles. The smallest absolute Gasteiger partial charge is 0.416 e. The molecule has 0 spiro atoms. The van der Waals surface area contributed by atoms with Crippen molar-refractivity contribution in [3.05, 3.63) is 89.4 Å². The number of halogens is 3. The first kappa shape index (κ1) is 20.3. The molecule has 0 radical (unpaired) electrons. The van der Waals surface area contributed by atoms with Gasteiger partial charge in [-0.05, 0) is 54.6 Å². The van der Waals surface area contributed by atoms with Crippen LogP contribution in [-0.4, -0.2) is 12.9 Å². The molecule has 0 aliphatic rings. The lowest BCUT2D eigenvalue weighted by atomic mass is 10.1. The van der Waals surface area contributed by atoms with Crippen LogP contribution in [-0.2, 0) is 12.8 Å². The largest absolute Gasteiger partial charge is 0.497 e. The second-order valence-electron chi connectivity index (χ2n) is 6.05. The second kappa shape index (κ2) is 8.68. The number of ketones is 1. The number of furan rings is 1. The Morgan fingerprint density at radius 3 is 2.55 bits per heavy atom. The number of methoxy groups -OCH3 is 1. The minimum atomic E-state index is -4.43. The molecule has 2 aromatic carbocycles. The maximum atomic E-state index is 12.7. The molecule has 3 aromatic rings. The minimum absolute atomic E-state index is 0.0427. The summed E-state index contributed by atoms with van der Waals surface area (Å²) in [5.41, 5.74) is -0.311. The van der Waals surface area contributed by atoms with Crippen LogP contribution in [0.3, 0.4) is 0 Å². The molecular formula is C22H17F3O4. The van der Waals surface area contributed by atoms with E-state index in [-0.39, 0.29) is 18.1 Å². The van der Waals surface area contributed by atoms with Crippen molar-refractivity contribution in [1.29, 1.82) is 0 Å². The van der Waals surface area contributed by atoms with E-state index in [1.807, 2.05) is 0 Å². The molecule has 0 bridgehead atoms. The number of rotatable bonds is 7. The topological polar surface area (TPSA) is 48.7 Å². The number of hydrogen-bond donors (Lipinski definition) is 0. The molecule has 3 rings (SSSR count). The van der Waals surface area contributed by atoms with Gasteiger partial charge in [0.05, 0.1) is 12.7 Å². The van der Waals surface area contributed by atoms with Crippen molar-refractivity contribution in [3.8, 4) is 11.5 Å². The number of hydrogen-bond acceptors (Lipinski definition) is 4. The molecule has 0 saturated carbocycles. The molecular weight excluding hydrogens is 385 g/mol. The van der Waals surface area contributed by atoms with Gasteiger partial charge in [0, 0.05) is 5.56 Å². The first-order valence-corrected chi connectivity index (χ1v) is 8.60. The van der Waals surface area contributed by atoms with E-state index in [2.05, 4.69) is 0 Å². The predicted molar refractivity (Wildman–Crippen MR) is 101 cm³/mol. The minimum Gasteiger partial charge on any atom is -0.497 e. The summed E-state index contributed by atoms with van der Waals surface area (Å²) < 4.78 is 54.2. The van der Waals surface area contributed by atoms with Crippen LogP contribution in [0.1, 0.15) is 27.4 Å². The molecule has 0 unspecified atom stereocenters. The number of allylic oxidation sites excluding steroid dienone is 1. The Kier molecular flexibility index (Phi) is 6.07. The molecule has 7 heteroatoms. The maximum Gasteiger partial charge on any atom is 0.416 e. The van der Waals surface area contributed by atoms with Crippen molar-refractivity contribution in [3.63, 3.8) is 0 Å². The molecule has 29 heavy (non-hydrogen) atoms. The summed E-state index contributed by atoms with van der Waals surface area (Å²) in [6.45, 7) is -0.0427. The van der Waals surface area contributed by atoms with Crippen LogP contribution in [0.5, 0.6) is 11.5 Å². The molecule has 0 aliphatic heterocycles. The van der Waals surface area contributed by atoms with Gasteiger partial charge in [0.25, 0.3) is 0 Å². The lowest BCUT2D eigenvalue weighted by molar-refractivity contribution is -0.137. The van der Waals surface area contributed by atoms with Crippen LogP contribution in [0.15, 0.2) is 71.2 Å². The average Bonchev–Trinajstić information content (AvgIpc) is 3.18. The first-order chi connectivity index (χ1) is 13.8. The number of carbonyl (C=O) groups excluding carboxylic acids is 1. The van der Waals surface area contributed by atoms with Crippen LogP contribution >= 0.6 is 0 Å². The van der Waals surface area contributed by atoms with Gasteiger partial charge >= 0.3 is 6.18 Å². The van der Waals surface area contributed by atoms with Crippen LogP contribution in [0.25, 0.3) is 6.08 Å². The zero-order chi connectivity index (χ0) is 20.9. The third-order valence-corrected chi connectivity index (χ3v) is 3.98.